The maximum atomic E-state index is 12.5. The highest BCUT2D eigenvalue weighted by atomic mass is 35.5. The quantitative estimate of drug-likeness (QED) is 0.530. The Morgan fingerprint density at radius 2 is 1.93 bits per heavy atom. The molecule has 3 rings (SSSR count). The number of rotatable bonds is 6. The highest BCUT2D eigenvalue weighted by Crippen LogP contribution is 2.17. The van der Waals surface area contributed by atoms with E-state index in [4.69, 9.17) is 0 Å². The molecule has 9 nitrogen and oxygen atoms in total. The van der Waals surface area contributed by atoms with Gasteiger partial charge in [0.2, 0.25) is 0 Å². The molecule has 0 atom stereocenters. The molecule has 0 radical (unpaired) electrons. The number of nitrogens with zero attached hydrogens (tertiary/aromatic N) is 1. The second-order valence-corrected chi connectivity index (χ2v) is 6.07. The van der Waals surface area contributed by atoms with E-state index in [-0.39, 0.29) is 43.2 Å². The summed E-state index contributed by atoms with van der Waals surface area (Å²) in [6.45, 7) is 1.67. The second-order valence-electron chi connectivity index (χ2n) is 6.07. The first-order valence-corrected chi connectivity index (χ1v) is 8.61. The minimum absolute atomic E-state index is 0. The highest BCUT2D eigenvalue weighted by Gasteiger charge is 2.21. The van der Waals surface area contributed by atoms with Gasteiger partial charge < -0.3 is 20.7 Å². The molecular weight excluding hydrogens is 386 g/mol. The summed E-state index contributed by atoms with van der Waals surface area (Å²) < 4.78 is 4.51. The zero-order valence-corrected chi connectivity index (χ0v) is 16.1. The molecular formula is C18H22ClN5O4. The average molecular weight is 408 g/mol. The standard InChI is InChI=1S/C18H21N5O4.ClH/c1-27-15(24)7-9-20-17(25)11-2-4-12(5-3-11)21-18(26)16-13-10-19-8-6-14(13)22-23-16;/h2-5,19H,6-10H2,1H3,(H,20,25)(H,21,26)(H,22,23);1H. The first-order valence-electron chi connectivity index (χ1n) is 8.61. The van der Waals surface area contributed by atoms with Crippen LogP contribution in [0.5, 0.6) is 0 Å². The van der Waals surface area contributed by atoms with E-state index >= 15 is 0 Å². The number of H-pyrrole nitrogens is 1. The number of fused-ring (bicyclic) bond motifs is 1. The molecule has 2 amide bonds. The zero-order chi connectivity index (χ0) is 19.2. The lowest BCUT2D eigenvalue weighted by Crippen LogP contribution is -2.26. The lowest BCUT2D eigenvalue weighted by Gasteiger charge is -2.13. The number of hydrogen-bond donors (Lipinski definition) is 4. The van der Waals surface area contributed by atoms with Crippen molar-refractivity contribution >= 4 is 35.9 Å². The first kappa shape index (κ1) is 21.4. The molecule has 1 aromatic heterocycles. The van der Waals surface area contributed by atoms with Crippen molar-refractivity contribution in [3.05, 3.63) is 46.8 Å². The van der Waals surface area contributed by atoms with E-state index < -0.39 is 0 Å². The van der Waals surface area contributed by atoms with Crippen LogP contribution in [-0.2, 0) is 22.5 Å². The number of aromatic amines is 1. The fourth-order valence-corrected chi connectivity index (χ4v) is 2.79. The lowest BCUT2D eigenvalue weighted by atomic mass is 10.1. The Balaban J connectivity index is 0.00000280. The largest absolute Gasteiger partial charge is 0.469 e. The van der Waals surface area contributed by atoms with E-state index in [2.05, 4.69) is 30.9 Å². The predicted molar refractivity (Wildman–Crippen MR) is 105 cm³/mol. The Labute approximate surface area is 168 Å². The van der Waals surface area contributed by atoms with E-state index in [0.29, 0.717) is 23.5 Å². The minimum atomic E-state index is -0.385. The van der Waals surface area contributed by atoms with Crippen molar-refractivity contribution in [2.75, 3.05) is 25.5 Å². The van der Waals surface area contributed by atoms with Crippen LogP contribution in [-0.4, -0.2) is 48.2 Å². The van der Waals surface area contributed by atoms with E-state index in [1.165, 1.54) is 7.11 Å². The smallest absolute Gasteiger partial charge is 0.307 e. The number of amides is 2. The van der Waals surface area contributed by atoms with Gasteiger partial charge in [0.1, 0.15) is 0 Å². The van der Waals surface area contributed by atoms with Gasteiger partial charge in [0.15, 0.2) is 5.69 Å². The molecule has 1 aliphatic rings. The Hall–Kier alpha value is -2.91. The van der Waals surface area contributed by atoms with Gasteiger partial charge in [0, 0.05) is 48.6 Å². The maximum Gasteiger partial charge on any atom is 0.307 e. The number of carbonyl (C=O) groups is 3. The van der Waals surface area contributed by atoms with E-state index in [1.54, 1.807) is 24.3 Å². The Morgan fingerprint density at radius 1 is 1.18 bits per heavy atom. The molecule has 28 heavy (non-hydrogen) atoms. The van der Waals surface area contributed by atoms with Crippen LogP contribution in [0, 0.1) is 0 Å². The van der Waals surface area contributed by atoms with Crippen molar-refractivity contribution in [2.24, 2.45) is 0 Å². The van der Waals surface area contributed by atoms with Crippen LogP contribution in [0.25, 0.3) is 0 Å². The molecule has 1 aliphatic heterocycles. The Kier molecular flexibility index (Phi) is 7.53. The SMILES string of the molecule is COC(=O)CCNC(=O)c1ccc(NC(=O)c2n[nH]c3c2CNCC3)cc1.Cl. The number of carbonyl (C=O) groups excluding carboxylic acids is 3. The van der Waals surface area contributed by atoms with Gasteiger partial charge in [-0.05, 0) is 24.3 Å². The van der Waals surface area contributed by atoms with Crippen LogP contribution in [0.2, 0.25) is 0 Å². The molecule has 0 bridgehead atoms. The monoisotopic (exact) mass is 407 g/mol. The van der Waals surface area contributed by atoms with E-state index in [9.17, 15) is 14.4 Å². The topological polar surface area (TPSA) is 125 Å². The fourth-order valence-electron chi connectivity index (χ4n) is 2.79. The third-order valence-electron chi connectivity index (χ3n) is 4.27. The maximum absolute atomic E-state index is 12.5. The van der Waals surface area contributed by atoms with E-state index in [0.717, 1.165) is 24.2 Å². The van der Waals surface area contributed by atoms with Crippen LogP contribution in [0.15, 0.2) is 24.3 Å². The van der Waals surface area contributed by atoms with Crippen LogP contribution in [0.4, 0.5) is 5.69 Å². The van der Waals surface area contributed by atoms with Gasteiger partial charge in [-0.25, -0.2) is 0 Å². The van der Waals surface area contributed by atoms with Gasteiger partial charge in [-0.2, -0.15) is 5.10 Å². The van der Waals surface area contributed by atoms with Gasteiger partial charge in [-0.3, -0.25) is 19.5 Å². The summed E-state index contributed by atoms with van der Waals surface area (Å²) in [4.78, 5) is 35.5. The molecule has 0 saturated carbocycles. The third kappa shape index (κ3) is 5.08. The normalized spacial score (nSPS) is 12.3. The van der Waals surface area contributed by atoms with Crippen LogP contribution in [0.1, 0.15) is 38.5 Å². The van der Waals surface area contributed by atoms with Crippen molar-refractivity contribution in [3.63, 3.8) is 0 Å². The van der Waals surface area contributed by atoms with E-state index in [1.807, 2.05) is 0 Å². The Morgan fingerprint density at radius 3 is 2.64 bits per heavy atom. The Bertz CT molecular complexity index is 850. The number of halogens is 1. The van der Waals surface area contributed by atoms with Gasteiger partial charge in [0.25, 0.3) is 11.8 Å². The average Bonchev–Trinajstić information content (AvgIpc) is 3.12. The number of esters is 1. The van der Waals surface area contributed by atoms with Gasteiger partial charge in [0.05, 0.1) is 13.5 Å². The summed E-state index contributed by atoms with van der Waals surface area (Å²) in [5.41, 5.74) is 3.24. The number of benzene rings is 1. The van der Waals surface area contributed by atoms with Crippen LogP contribution >= 0.6 is 12.4 Å². The first-order chi connectivity index (χ1) is 13.1. The molecule has 0 aliphatic carbocycles. The molecule has 2 heterocycles. The number of hydrogen-bond acceptors (Lipinski definition) is 6. The molecule has 0 spiro atoms. The summed E-state index contributed by atoms with van der Waals surface area (Å²) in [6, 6.07) is 6.49. The summed E-state index contributed by atoms with van der Waals surface area (Å²) in [5.74, 6) is -0.986. The van der Waals surface area contributed by atoms with Gasteiger partial charge in [-0.15, -0.1) is 12.4 Å². The second kappa shape index (κ2) is 9.86. The number of ether oxygens (including phenoxy) is 1. The third-order valence-corrected chi connectivity index (χ3v) is 4.27. The molecule has 0 unspecified atom stereocenters. The van der Waals surface area contributed by atoms with Crippen LogP contribution < -0.4 is 16.0 Å². The molecule has 1 aromatic carbocycles. The molecule has 10 heteroatoms. The van der Waals surface area contributed by atoms with Crippen molar-refractivity contribution in [1.82, 2.24) is 20.8 Å². The fraction of sp³-hybridized carbons (Fsp3) is 0.333. The summed E-state index contributed by atoms with van der Waals surface area (Å²) >= 11 is 0. The van der Waals surface area contributed by atoms with Crippen molar-refractivity contribution in [2.45, 2.75) is 19.4 Å². The van der Waals surface area contributed by atoms with Gasteiger partial charge >= 0.3 is 5.97 Å². The zero-order valence-electron chi connectivity index (χ0n) is 15.3. The van der Waals surface area contributed by atoms with Crippen molar-refractivity contribution in [1.29, 1.82) is 0 Å². The molecule has 0 fully saturated rings. The predicted octanol–water partition coefficient (Wildman–Crippen LogP) is 1.02. The number of anilines is 1. The van der Waals surface area contributed by atoms with Crippen molar-refractivity contribution < 1.29 is 19.1 Å². The molecule has 150 valence electrons. The summed E-state index contributed by atoms with van der Waals surface area (Å²) in [7, 11) is 1.30. The number of aromatic nitrogens is 2. The summed E-state index contributed by atoms with van der Waals surface area (Å²) in [5, 5.41) is 15.7. The molecule has 2 aromatic rings. The van der Waals surface area contributed by atoms with Crippen LogP contribution in [0.3, 0.4) is 0 Å². The summed E-state index contributed by atoms with van der Waals surface area (Å²) in [6.07, 6.45) is 0.925. The lowest BCUT2D eigenvalue weighted by molar-refractivity contribution is -0.140. The number of nitrogens with one attached hydrogen (secondary N) is 4. The van der Waals surface area contributed by atoms with Gasteiger partial charge in [-0.1, -0.05) is 0 Å². The van der Waals surface area contributed by atoms with Crippen molar-refractivity contribution in [3.8, 4) is 0 Å². The molecule has 0 saturated heterocycles. The number of methoxy groups -OCH3 is 1. The molecule has 4 N–H and O–H groups in total. The highest BCUT2D eigenvalue weighted by molar-refractivity contribution is 6.04. The minimum Gasteiger partial charge on any atom is -0.469 e.